The van der Waals surface area contributed by atoms with E-state index in [0.29, 0.717) is 19.0 Å². The van der Waals surface area contributed by atoms with Gasteiger partial charge in [0.2, 0.25) is 0 Å². The van der Waals surface area contributed by atoms with Gasteiger partial charge in [-0.3, -0.25) is 0 Å². The minimum absolute atomic E-state index is 0.0686. The Bertz CT molecular complexity index is 465. The van der Waals surface area contributed by atoms with Gasteiger partial charge in [-0.25, -0.2) is 0 Å². The molecule has 0 saturated carbocycles. The predicted molar refractivity (Wildman–Crippen MR) is 63.0 cm³/mol. The smallest absolute Gasteiger partial charge is 0.130 e. The van der Waals surface area contributed by atoms with E-state index in [1.807, 2.05) is 18.2 Å². The van der Waals surface area contributed by atoms with Crippen LogP contribution in [0.25, 0.3) is 6.08 Å². The molecule has 0 aliphatic heterocycles. The Morgan fingerprint density at radius 2 is 2.06 bits per heavy atom. The van der Waals surface area contributed by atoms with Crippen molar-refractivity contribution >= 4 is 6.08 Å². The third kappa shape index (κ3) is 4.38. The van der Waals surface area contributed by atoms with Gasteiger partial charge in [0, 0.05) is 7.11 Å². The van der Waals surface area contributed by atoms with Crippen molar-refractivity contribution in [3.63, 3.8) is 0 Å². The molecule has 0 spiro atoms. The van der Waals surface area contributed by atoms with Crippen LogP contribution in [0.2, 0.25) is 0 Å². The largest absolute Gasteiger partial charge is 0.491 e. The molecule has 0 heterocycles. The highest BCUT2D eigenvalue weighted by molar-refractivity contribution is 5.62. The fourth-order valence-corrected chi connectivity index (χ4v) is 1.19. The first-order valence-electron chi connectivity index (χ1n) is 5.04. The van der Waals surface area contributed by atoms with E-state index in [1.54, 1.807) is 25.3 Å². The second kappa shape index (κ2) is 7.05. The molecule has 0 aromatic heterocycles. The predicted octanol–water partition coefficient (Wildman–Crippen LogP) is 2.14. The van der Waals surface area contributed by atoms with E-state index < -0.39 is 0 Å². The quantitative estimate of drug-likeness (QED) is 0.572. The number of methoxy groups -OCH3 is 1. The summed E-state index contributed by atoms with van der Waals surface area (Å²) in [6, 6.07) is 10.8. The Kier molecular flexibility index (Phi) is 5.30. The van der Waals surface area contributed by atoms with Gasteiger partial charge in [0.05, 0.1) is 6.61 Å². The van der Waals surface area contributed by atoms with Crippen LogP contribution in [0.1, 0.15) is 5.56 Å². The van der Waals surface area contributed by atoms with Crippen molar-refractivity contribution in [3.05, 3.63) is 35.4 Å². The lowest BCUT2D eigenvalue weighted by molar-refractivity contribution is 0.146. The zero-order chi connectivity index (χ0) is 12.5. The third-order valence-corrected chi connectivity index (χ3v) is 1.97. The van der Waals surface area contributed by atoms with E-state index in [9.17, 15) is 0 Å². The minimum atomic E-state index is 0.0686. The molecule has 0 saturated heterocycles. The molecule has 0 unspecified atom stereocenters. The van der Waals surface area contributed by atoms with Crippen molar-refractivity contribution in [3.8, 4) is 17.9 Å². The zero-order valence-electron chi connectivity index (χ0n) is 9.51. The molecule has 0 aliphatic carbocycles. The lowest BCUT2D eigenvalue weighted by atomic mass is 10.1. The fraction of sp³-hybridized carbons (Fsp3) is 0.231. The maximum Gasteiger partial charge on any atom is 0.130 e. The molecule has 1 aromatic rings. The normalized spacial score (nSPS) is 8.88. The van der Waals surface area contributed by atoms with Crippen LogP contribution in [0, 0.1) is 22.7 Å². The van der Waals surface area contributed by atoms with Crippen molar-refractivity contribution < 1.29 is 9.47 Å². The number of nitriles is 2. The van der Waals surface area contributed by atoms with Gasteiger partial charge in [-0.1, -0.05) is 12.1 Å². The number of hydrogen-bond donors (Lipinski definition) is 0. The summed E-state index contributed by atoms with van der Waals surface area (Å²) in [5.41, 5.74) is 0.831. The van der Waals surface area contributed by atoms with Crippen LogP contribution in [-0.2, 0) is 4.74 Å². The van der Waals surface area contributed by atoms with Crippen LogP contribution in [0.5, 0.6) is 5.75 Å². The molecule has 17 heavy (non-hydrogen) atoms. The van der Waals surface area contributed by atoms with E-state index in [-0.39, 0.29) is 5.57 Å². The van der Waals surface area contributed by atoms with Gasteiger partial charge in [0.25, 0.3) is 0 Å². The van der Waals surface area contributed by atoms with Crippen LogP contribution >= 0.6 is 0 Å². The summed E-state index contributed by atoms with van der Waals surface area (Å²) >= 11 is 0. The Morgan fingerprint density at radius 3 is 2.71 bits per heavy atom. The average Bonchev–Trinajstić information content (AvgIpc) is 2.37. The van der Waals surface area contributed by atoms with Crippen LogP contribution in [0.15, 0.2) is 29.8 Å². The van der Waals surface area contributed by atoms with Crippen molar-refractivity contribution in [2.24, 2.45) is 0 Å². The zero-order valence-corrected chi connectivity index (χ0v) is 9.51. The molecule has 0 aliphatic rings. The Labute approximate surface area is 100 Å². The molecule has 0 fully saturated rings. The first-order chi connectivity index (χ1) is 8.30. The van der Waals surface area contributed by atoms with Gasteiger partial charge < -0.3 is 9.47 Å². The Hall–Kier alpha value is -2.30. The Balaban J connectivity index is 2.77. The molecule has 4 heteroatoms. The maximum atomic E-state index is 8.64. The van der Waals surface area contributed by atoms with Gasteiger partial charge >= 0.3 is 0 Å². The molecule has 4 nitrogen and oxygen atoms in total. The summed E-state index contributed by atoms with van der Waals surface area (Å²) in [6.07, 6.45) is 1.52. The van der Waals surface area contributed by atoms with Crippen molar-refractivity contribution in [2.75, 3.05) is 20.3 Å². The highest BCUT2D eigenvalue weighted by atomic mass is 16.5. The van der Waals surface area contributed by atoms with E-state index in [0.717, 1.165) is 5.56 Å². The summed E-state index contributed by atoms with van der Waals surface area (Å²) in [6.45, 7) is 0.981. The van der Waals surface area contributed by atoms with E-state index >= 15 is 0 Å². The summed E-state index contributed by atoms with van der Waals surface area (Å²) < 4.78 is 10.3. The maximum absolute atomic E-state index is 8.64. The summed E-state index contributed by atoms with van der Waals surface area (Å²) in [7, 11) is 1.61. The van der Waals surface area contributed by atoms with Gasteiger partial charge in [-0.2, -0.15) is 10.5 Å². The topological polar surface area (TPSA) is 66.0 Å². The molecular weight excluding hydrogens is 216 g/mol. The summed E-state index contributed by atoms with van der Waals surface area (Å²) in [4.78, 5) is 0. The van der Waals surface area contributed by atoms with Crippen molar-refractivity contribution in [1.82, 2.24) is 0 Å². The highest BCUT2D eigenvalue weighted by Gasteiger charge is 1.97. The monoisotopic (exact) mass is 228 g/mol. The SMILES string of the molecule is COCCOc1cccc(C=C(C#N)C#N)c1. The van der Waals surface area contributed by atoms with E-state index in [2.05, 4.69) is 0 Å². The van der Waals surface area contributed by atoms with Gasteiger partial charge in [0.1, 0.15) is 30.1 Å². The molecule has 0 N–H and O–H groups in total. The Morgan fingerprint density at radius 1 is 1.29 bits per heavy atom. The second-order valence-electron chi connectivity index (χ2n) is 3.20. The standard InChI is InChI=1S/C13H12N2O2/c1-16-5-6-17-13-4-2-3-11(8-13)7-12(9-14)10-15/h2-4,7-8H,5-6H2,1H3. The number of nitrogens with zero attached hydrogens (tertiary/aromatic N) is 2. The molecule has 0 bridgehead atoms. The minimum Gasteiger partial charge on any atom is -0.491 e. The summed E-state index contributed by atoms with van der Waals surface area (Å²) in [5, 5.41) is 17.3. The average molecular weight is 228 g/mol. The lowest BCUT2D eigenvalue weighted by Gasteiger charge is -2.05. The number of allylic oxidation sites excluding steroid dienone is 1. The molecule has 1 rings (SSSR count). The van der Waals surface area contributed by atoms with Crippen LogP contribution < -0.4 is 4.74 Å². The van der Waals surface area contributed by atoms with Crippen LogP contribution in [0.3, 0.4) is 0 Å². The van der Waals surface area contributed by atoms with Gasteiger partial charge in [0.15, 0.2) is 0 Å². The molecule has 86 valence electrons. The second-order valence-corrected chi connectivity index (χ2v) is 3.20. The first-order valence-corrected chi connectivity index (χ1v) is 5.04. The number of benzene rings is 1. The molecule has 0 atom stereocenters. The lowest BCUT2D eigenvalue weighted by Crippen LogP contribution is -2.04. The van der Waals surface area contributed by atoms with Gasteiger partial charge in [-0.05, 0) is 23.8 Å². The number of ether oxygens (including phenoxy) is 2. The molecule has 1 aromatic carbocycles. The first kappa shape index (κ1) is 12.8. The number of rotatable bonds is 5. The van der Waals surface area contributed by atoms with Crippen molar-refractivity contribution in [1.29, 1.82) is 10.5 Å². The summed E-state index contributed by atoms with van der Waals surface area (Å²) in [5.74, 6) is 0.686. The molecule has 0 radical (unpaired) electrons. The van der Waals surface area contributed by atoms with Crippen LogP contribution in [-0.4, -0.2) is 20.3 Å². The molecule has 0 amide bonds. The highest BCUT2D eigenvalue weighted by Crippen LogP contribution is 2.15. The van der Waals surface area contributed by atoms with E-state index in [4.69, 9.17) is 20.0 Å². The third-order valence-electron chi connectivity index (χ3n) is 1.97. The molecular formula is C13H12N2O2. The van der Waals surface area contributed by atoms with Crippen LogP contribution in [0.4, 0.5) is 0 Å². The van der Waals surface area contributed by atoms with Gasteiger partial charge in [-0.15, -0.1) is 0 Å². The fourth-order valence-electron chi connectivity index (χ4n) is 1.19. The van der Waals surface area contributed by atoms with E-state index in [1.165, 1.54) is 6.08 Å². The van der Waals surface area contributed by atoms with Crippen molar-refractivity contribution in [2.45, 2.75) is 0 Å². The number of hydrogen-bond acceptors (Lipinski definition) is 4.